The summed E-state index contributed by atoms with van der Waals surface area (Å²) in [6, 6.07) is 0. The molecule has 0 amide bonds. The van der Waals surface area contributed by atoms with E-state index in [9.17, 15) is 0 Å². The number of hydrogen-bond acceptors (Lipinski definition) is 0. The van der Waals surface area contributed by atoms with Gasteiger partial charge in [-0.2, -0.15) is 0 Å². The van der Waals surface area contributed by atoms with Crippen molar-refractivity contribution in [1.29, 1.82) is 0 Å². The standard InChI is InChI=1S/C12H20/c1-9-8-10-6-4-5-7-11(10)12(9,2)3/h5,7,9-11H,4,6,8H2,1-3H3. The Hall–Kier alpha value is -0.260. The van der Waals surface area contributed by atoms with Crippen molar-refractivity contribution < 1.29 is 0 Å². The molecule has 3 unspecified atom stereocenters. The number of fused-ring (bicyclic) bond motifs is 1. The molecule has 0 bridgehead atoms. The first-order chi connectivity index (χ1) is 5.62. The highest BCUT2D eigenvalue weighted by molar-refractivity contribution is 5.08. The van der Waals surface area contributed by atoms with Crippen LogP contribution < -0.4 is 0 Å². The highest BCUT2D eigenvalue weighted by Gasteiger charge is 2.45. The lowest BCUT2D eigenvalue weighted by atomic mass is 9.72. The van der Waals surface area contributed by atoms with E-state index in [0.29, 0.717) is 5.41 Å². The molecule has 2 aliphatic rings. The molecule has 0 N–H and O–H groups in total. The molecule has 68 valence electrons. The van der Waals surface area contributed by atoms with Crippen LogP contribution in [0.25, 0.3) is 0 Å². The zero-order valence-electron chi connectivity index (χ0n) is 8.51. The van der Waals surface area contributed by atoms with Gasteiger partial charge in [0.15, 0.2) is 0 Å². The van der Waals surface area contributed by atoms with Crippen LogP contribution in [0.1, 0.15) is 40.0 Å². The lowest BCUT2D eigenvalue weighted by Crippen LogP contribution is -2.25. The highest BCUT2D eigenvalue weighted by atomic mass is 14.5. The van der Waals surface area contributed by atoms with Crippen molar-refractivity contribution in [3.05, 3.63) is 12.2 Å². The molecule has 2 aliphatic carbocycles. The van der Waals surface area contributed by atoms with Crippen LogP contribution in [0.5, 0.6) is 0 Å². The van der Waals surface area contributed by atoms with Crippen molar-refractivity contribution >= 4 is 0 Å². The first-order valence-corrected chi connectivity index (χ1v) is 5.29. The van der Waals surface area contributed by atoms with Gasteiger partial charge in [-0.1, -0.05) is 32.9 Å². The molecule has 0 nitrogen and oxygen atoms in total. The van der Waals surface area contributed by atoms with Gasteiger partial charge in [-0.05, 0) is 42.4 Å². The minimum Gasteiger partial charge on any atom is -0.0882 e. The van der Waals surface area contributed by atoms with Crippen molar-refractivity contribution in [3.63, 3.8) is 0 Å². The van der Waals surface area contributed by atoms with Gasteiger partial charge < -0.3 is 0 Å². The van der Waals surface area contributed by atoms with E-state index in [-0.39, 0.29) is 0 Å². The molecule has 0 heteroatoms. The molecule has 1 fully saturated rings. The summed E-state index contributed by atoms with van der Waals surface area (Å²) in [7, 11) is 0. The normalized spacial score (nSPS) is 44.4. The number of allylic oxidation sites excluding steroid dienone is 2. The molecule has 2 rings (SSSR count). The van der Waals surface area contributed by atoms with E-state index in [4.69, 9.17) is 0 Å². The highest BCUT2D eigenvalue weighted by Crippen LogP contribution is 2.53. The molecule has 0 saturated heterocycles. The quantitative estimate of drug-likeness (QED) is 0.479. The molecule has 0 heterocycles. The van der Waals surface area contributed by atoms with Crippen molar-refractivity contribution in [2.45, 2.75) is 40.0 Å². The summed E-state index contributed by atoms with van der Waals surface area (Å²) in [4.78, 5) is 0. The lowest BCUT2D eigenvalue weighted by molar-refractivity contribution is 0.212. The average molecular weight is 164 g/mol. The van der Waals surface area contributed by atoms with Crippen LogP contribution in [-0.2, 0) is 0 Å². The molecule has 0 aliphatic heterocycles. The molecular formula is C12H20. The molecule has 0 aromatic rings. The fraction of sp³-hybridized carbons (Fsp3) is 0.833. The summed E-state index contributed by atoms with van der Waals surface area (Å²) >= 11 is 0. The number of hydrogen-bond donors (Lipinski definition) is 0. The Morgan fingerprint density at radius 2 is 2.08 bits per heavy atom. The topological polar surface area (TPSA) is 0 Å². The van der Waals surface area contributed by atoms with Gasteiger partial charge in [-0.15, -0.1) is 0 Å². The van der Waals surface area contributed by atoms with E-state index in [1.54, 1.807) is 0 Å². The van der Waals surface area contributed by atoms with Crippen LogP contribution in [0, 0.1) is 23.2 Å². The van der Waals surface area contributed by atoms with E-state index in [2.05, 4.69) is 32.9 Å². The predicted octanol–water partition coefficient (Wildman–Crippen LogP) is 3.63. The molecule has 0 aromatic heterocycles. The monoisotopic (exact) mass is 164 g/mol. The Labute approximate surface area is 76.1 Å². The third-order valence-electron chi connectivity index (χ3n) is 4.34. The van der Waals surface area contributed by atoms with Gasteiger partial charge in [0, 0.05) is 0 Å². The molecular weight excluding hydrogens is 144 g/mol. The van der Waals surface area contributed by atoms with E-state index < -0.39 is 0 Å². The predicted molar refractivity (Wildman–Crippen MR) is 52.9 cm³/mol. The molecule has 3 atom stereocenters. The summed E-state index contributed by atoms with van der Waals surface area (Å²) in [5, 5.41) is 0. The minimum absolute atomic E-state index is 0.557. The Bertz CT molecular complexity index is 200. The Kier molecular flexibility index (Phi) is 1.82. The Morgan fingerprint density at radius 1 is 1.33 bits per heavy atom. The van der Waals surface area contributed by atoms with Gasteiger partial charge in [0.05, 0.1) is 0 Å². The molecule has 0 aromatic carbocycles. The maximum atomic E-state index is 2.48. The molecule has 1 saturated carbocycles. The SMILES string of the molecule is CC1CC2CCC=CC2C1(C)C. The van der Waals surface area contributed by atoms with E-state index in [0.717, 1.165) is 17.8 Å². The second-order valence-corrected chi connectivity index (χ2v) is 5.25. The maximum Gasteiger partial charge on any atom is -0.0151 e. The van der Waals surface area contributed by atoms with Gasteiger partial charge in [-0.3, -0.25) is 0 Å². The summed E-state index contributed by atoms with van der Waals surface area (Å²) in [6.45, 7) is 7.31. The zero-order chi connectivity index (χ0) is 8.77. The van der Waals surface area contributed by atoms with Crippen LogP contribution in [0.4, 0.5) is 0 Å². The smallest absolute Gasteiger partial charge is 0.0151 e. The van der Waals surface area contributed by atoms with E-state index >= 15 is 0 Å². The van der Waals surface area contributed by atoms with Crippen LogP contribution in [0.15, 0.2) is 12.2 Å². The molecule has 12 heavy (non-hydrogen) atoms. The van der Waals surface area contributed by atoms with Gasteiger partial charge >= 0.3 is 0 Å². The Balaban J connectivity index is 2.26. The first kappa shape index (κ1) is 8.34. The Morgan fingerprint density at radius 3 is 2.75 bits per heavy atom. The zero-order valence-corrected chi connectivity index (χ0v) is 8.51. The third kappa shape index (κ3) is 1.04. The van der Waals surface area contributed by atoms with Gasteiger partial charge in [0.25, 0.3) is 0 Å². The average Bonchev–Trinajstić information content (AvgIpc) is 2.25. The largest absolute Gasteiger partial charge is 0.0882 e. The van der Waals surface area contributed by atoms with Gasteiger partial charge in [-0.25, -0.2) is 0 Å². The molecule has 0 radical (unpaired) electrons. The van der Waals surface area contributed by atoms with Crippen molar-refractivity contribution in [2.24, 2.45) is 23.2 Å². The first-order valence-electron chi connectivity index (χ1n) is 5.29. The summed E-state index contributed by atoms with van der Waals surface area (Å²) in [5.74, 6) is 2.79. The van der Waals surface area contributed by atoms with Crippen LogP contribution >= 0.6 is 0 Å². The fourth-order valence-corrected chi connectivity index (χ4v) is 3.10. The van der Waals surface area contributed by atoms with Crippen molar-refractivity contribution in [1.82, 2.24) is 0 Å². The maximum absolute atomic E-state index is 2.48. The fourth-order valence-electron chi connectivity index (χ4n) is 3.10. The van der Waals surface area contributed by atoms with Gasteiger partial charge in [0.2, 0.25) is 0 Å². The van der Waals surface area contributed by atoms with E-state index in [1.165, 1.54) is 19.3 Å². The second-order valence-electron chi connectivity index (χ2n) is 5.25. The second kappa shape index (κ2) is 2.61. The summed E-state index contributed by atoms with van der Waals surface area (Å²) in [5.41, 5.74) is 0.557. The summed E-state index contributed by atoms with van der Waals surface area (Å²) in [6.07, 6.45) is 9.10. The minimum atomic E-state index is 0.557. The van der Waals surface area contributed by atoms with E-state index in [1.807, 2.05) is 0 Å². The molecule has 0 spiro atoms. The van der Waals surface area contributed by atoms with Crippen LogP contribution in [0.2, 0.25) is 0 Å². The van der Waals surface area contributed by atoms with Crippen LogP contribution in [0.3, 0.4) is 0 Å². The lowest BCUT2D eigenvalue weighted by Gasteiger charge is -2.32. The van der Waals surface area contributed by atoms with Crippen LogP contribution in [-0.4, -0.2) is 0 Å². The van der Waals surface area contributed by atoms with Crippen molar-refractivity contribution in [2.75, 3.05) is 0 Å². The summed E-state index contributed by atoms with van der Waals surface area (Å²) < 4.78 is 0. The number of rotatable bonds is 0. The third-order valence-corrected chi connectivity index (χ3v) is 4.34. The van der Waals surface area contributed by atoms with Gasteiger partial charge in [0.1, 0.15) is 0 Å². The van der Waals surface area contributed by atoms with Crippen molar-refractivity contribution in [3.8, 4) is 0 Å².